The van der Waals surface area contributed by atoms with Gasteiger partial charge < -0.3 is 10.1 Å². The van der Waals surface area contributed by atoms with E-state index < -0.39 is 0 Å². The summed E-state index contributed by atoms with van der Waals surface area (Å²) in [5.74, 6) is 0.351. The van der Waals surface area contributed by atoms with Crippen molar-refractivity contribution in [2.24, 2.45) is 0 Å². The van der Waals surface area contributed by atoms with E-state index in [1.165, 1.54) is 0 Å². The van der Waals surface area contributed by atoms with Crippen LogP contribution in [-0.4, -0.2) is 27.3 Å². The predicted octanol–water partition coefficient (Wildman–Crippen LogP) is 2.60. The van der Waals surface area contributed by atoms with Gasteiger partial charge in [-0.05, 0) is 25.1 Å². The van der Waals surface area contributed by atoms with Gasteiger partial charge in [-0.25, -0.2) is 9.67 Å². The number of pyridine rings is 1. The van der Waals surface area contributed by atoms with E-state index >= 15 is 0 Å². The summed E-state index contributed by atoms with van der Waals surface area (Å²) in [6.45, 7) is 2.77. The number of nitrogens with zero attached hydrogens (tertiary/aromatic N) is 3. The molecule has 0 bridgehead atoms. The molecule has 3 rings (SSSR count). The lowest BCUT2D eigenvalue weighted by Gasteiger charge is -2.09. The normalized spacial score (nSPS) is 10.4. The number of nitrogens with one attached hydrogen (secondary N) is 1. The molecule has 0 aliphatic rings. The van der Waals surface area contributed by atoms with Gasteiger partial charge in [0.15, 0.2) is 0 Å². The van der Waals surface area contributed by atoms with Crippen molar-refractivity contribution in [3.8, 4) is 11.6 Å². The monoisotopic (exact) mass is 322 g/mol. The molecule has 0 unspecified atom stereocenters. The van der Waals surface area contributed by atoms with Crippen LogP contribution >= 0.6 is 0 Å². The quantitative estimate of drug-likeness (QED) is 0.757. The van der Waals surface area contributed by atoms with Crippen molar-refractivity contribution in [2.75, 3.05) is 6.61 Å². The lowest BCUT2D eigenvalue weighted by atomic mass is 10.2. The Morgan fingerprint density at radius 2 is 2.04 bits per heavy atom. The van der Waals surface area contributed by atoms with Gasteiger partial charge in [0.2, 0.25) is 5.88 Å². The summed E-state index contributed by atoms with van der Waals surface area (Å²) in [5.41, 5.74) is 2.24. The largest absolute Gasteiger partial charge is 0.478 e. The molecule has 0 atom stereocenters. The third-order valence-electron chi connectivity index (χ3n) is 3.44. The first-order valence-corrected chi connectivity index (χ1v) is 7.73. The number of hydrogen-bond donors (Lipinski definition) is 1. The minimum absolute atomic E-state index is 0.191. The van der Waals surface area contributed by atoms with Gasteiger partial charge in [-0.2, -0.15) is 5.10 Å². The lowest BCUT2D eigenvalue weighted by molar-refractivity contribution is 0.0950. The first kappa shape index (κ1) is 15.7. The van der Waals surface area contributed by atoms with Crippen molar-refractivity contribution in [3.05, 3.63) is 72.2 Å². The smallest absolute Gasteiger partial charge is 0.254 e. The molecular weight excluding hydrogens is 304 g/mol. The van der Waals surface area contributed by atoms with Crippen LogP contribution in [0.2, 0.25) is 0 Å². The molecule has 0 aliphatic carbocycles. The highest BCUT2D eigenvalue weighted by atomic mass is 16.5. The predicted molar refractivity (Wildman–Crippen MR) is 90.1 cm³/mol. The summed E-state index contributed by atoms with van der Waals surface area (Å²) in [6, 6.07) is 13.3. The van der Waals surface area contributed by atoms with Crippen LogP contribution in [0.4, 0.5) is 0 Å². The fourth-order valence-corrected chi connectivity index (χ4v) is 2.26. The highest BCUT2D eigenvalue weighted by molar-refractivity contribution is 5.93. The van der Waals surface area contributed by atoms with E-state index in [-0.39, 0.29) is 5.91 Å². The van der Waals surface area contributed by atoms with E-state index in [0.29, 0.717) is 24.6 Å². The molecule has 2 heterocycles. The van der Waals surface area contributed by atoms with Crippen LogP contribution in [0.25, 0.3) is 5.69 Å². The Bertz CT molecular complexity index is 815. The van der Waals surface area contributed by atoms with Crippen LogP contribution < -0.4 is 10.1 Å². The van der Waals surface area contributed by atoms with Gasteiger partial charge >= 0.3 is 0 Å². The standard InChI is InChI=1S/C18H18N4O2/c1-2-24-18-14(7-6-10-19-18)11-20-17(23)15-12-21-22(13-15)16-8-4-3-5-9-16/h3-10,12-13H,2,11H2,1H3,(H,20,23). The molecule has 0 spiro atoms. The number of benzene rings is 1. The van der Waals surface area contributed by atoms with Crippen LogP contribution in [-0.2, 0) is 6.54 Å². The zero-order valence-electron chi connectivity index (χ0n) is 13.3. The minimum atomic E-state index is -0.191. The number of para-hydroxylation sites is 1. The molecular formula is C18H18N4O2. The Balaban J connectivity index is 1.67. The van der Waals surface area contributed by atoms with Crippen molar-refractivity contribution in [1.82, 2.24) is 20.1 Å². The van der Waals surface area contributed by atoms with Crippen molar-refractivity contribution in [2.45, 2.75) is 13.5 Å². The van der Waals surface area contributed by atoms with Crippen molar-refractivity contribution >= 4 is 5.91 Å². The number of hydrogen-bond acceptors (Lipinski definition) is 4. The number of rotatable bonds is 6. The number of carbonyl (C=O) groups excluding carboxylic acids is 1. The fraction of sp³-hybridized carbons (Fsp3) is 0.167. The van der Waals surface area contributed by atoms with Gasteiger partial charge in [0, 0.05) is 24.5 Å². The second-order valence-corrected chi connectivity index (χ2v) is 5.09. The number of amides is 1. The number of carbonyl (C=O) groups is 1. The molecule has 24 heavy (non-hydrogen) atoms. The number of ether oxygens (including phenoxy) is 1. The topological polar surface area (TPSA) is 69.0 Å². The SMILES string of the molecule is CCOc1ncccc1CNC(=O)c1cnn(-c2ccccc2)c1. The van der Waals surface area contributed by atoms with Gasteiger partial charge in [-0.15, -0.1) is 0 Å². The second kappa shape index (κ2) is 7.41. The van der Waals surface area contributed by atoms with Gasteiger partial charge in [0.05, 0.1) is 24.1 Å². The maximum Gasteiger partial charge on any atom is 0.254 e. The third-order valence-corrected chi connectivity index (χ3v) is 3.44. The van der Waals surface area contributed by atoms with E-state index in [9.17, 15) is 4.79 Å². The summed E-state index contributed by atoms with van der Waals surface area (Å²) in [5, 5.41) is 7.09. The molecule has 0 radical (unpaired) electrons. The zero-order chi connectivity index (χ0) is 16.8. The van der Waals surface area contributed by atoms with E-state index in [1.807, 2.05) is 49.4 Å². The summed E-state index contributed by atoms with van der Waals surface area (Å²) < 4.78 is 7.13. The summed E-state index contributed by atoms with van der Waals surface area (Å²) >= 11 is 0. The molecule has 6 nitrogen and oxygen atoms in total. The molecule has 2 aromatic heterocycles. The summed E-state index contributed by atoms with van der Waals surface area (Å²) in [7, 11) is 0. The van der Waals surface area contributed by atoms with Crippen molar-refractivity contribution in [3.63, 3.8) is 0 Å². The molecule has 0 fully saturated rings. The van der Waals surface area contributed by atoms with Crippen molar-refractivity contribution < 1.29 is 9.53 Å². The molecule has 3 aromatic rings. The van der Waals surface area contributed by atoms with E-state index in [2.05, 4.69) is 15.4 Å². The highest BCUT2D eigenvalue weighted by Gasteiger charge is 2.11. The Kier molecular flexibility index (Phi) is 4.86. The van der Waals surface area contributed by atoms with Crippen LogP contribution in [0.15, 0.2) is 61.1 Å². The zero-order valence-corrected chi connectivity index (χ0v) is 13.3. The second-order valence-electron chi connectivity index (χ2n) is 5.09. The van der Waals surface area contributed by atoms with E-state index in [1.54, 1.807) is 23.3 Å². The van der Waals surface area contributed by atoms with Gasteiger partial charge in [-0.3, -0.25) is 4.79 Å². The van der Waals surface area contributed by atoms with Gasteiger partial charge in [0.1, 0.15) is 0 Å². The summed E-state index contributed by atoms with van der Waals surface area (Å²) in [4.78, 5) is 16.5. The number of aromatic nitrogens is 3. The minimum Gasteiger partial charge on any atom is -0.478 e. The Morgan fingerprint density at radius 1 is 1.21 bits per heavy atom. The molecule has 6 heteroatoms. The molecule has 1 aromatic carbocycles. The Morgan fingerprint density at radius 3 is 2.83 bits per heavy atom. The average Bonchev–Trinajstić information content (AvgIpc) is 3.12. The molecule has 0 saturated carbocycles. The van der Waals surface area contributed by atoms with Gasteiger partial charge in [0.25, 0.3) is 5.91 Å². The Labute approximate surface area is 140 Å². The van der Waals surface area contributed by atoms with Crippen LogP contribution in [0.5, 0.6) is 5.88 Å². The first-order valence-electron chi connectivity index (χ1n) is 7.73. The van der Waals surface area contributed by atoms with Crippen molar-refractivity contribution in [1.29, 1.82) is 0 Å². The maximum atomic E-state index is 12.3. The Hall–Kier alpha value is -3.15. The molecule has 0 aliphatic heterocycles. The molecule has 1 N–H and O–H groups in total. The van der Waals surface area contributed by atoms with E-state index in [4.69, 9.17) is 4.74 Å². The highest BCUT2D eigenvalue weighted by Crippen LogP contribution is 2.14. The van der Waals surface area contributed by atoms with Crippen LogP contribution in [0.3, 0.4) is 0 Å². The fourth-order valence-electron chi connectivity index (χ4n) is 2.26. The third kappa shape index (κ3) is 3.60. The van der Waals surface area contributed by atoms with Gasteiger partial charge in [-0.1, -0.05) is 24.3 Å². The van der Waals surface area contributed by atoms with Crippen LogP contribution in [0.1, 0.15) is 22.8 Å². The first-order chi connectivity index (χ1) is 11.8. The molecule has 122 valence electrons. The molecule has 0 saturated heterocycles. The van der Waals surface area contributed by atoms with E-state index in [0.717, 1.165) is 11.3 Å². The summed E-state index contributed by atoms with van der Waals surface area (Å²) in [6.07, 6.45) is 4.92. The lowest BCUT2D eigenvalue weighted by Crippen LogP contribution is -2.23. The average molecular weight is 322 g/mol. The molecule has 1 amide bonds. The maximum absolute atomic E-state index is 12.3. The van der Waals surface area contributed by atoms with Crippen LogP contribution in [0, 0.1) is 0 Å².